The third-order valence-corrected chi connectivity index (χ3v) is 4.43. The van der Waals surface area contributed by atoms with Gasteiger partial charge in [0.25, 0.3) is 0 Å². The molecule has 0 radical (unpaired) electrons. The molecule has 0 bridgehead atoms. The van der Waals surface area contributed by atoms with Gasteiger partial charge in [-0.15, -0.1) is 0 Å². The van der Waals surface area contributed by atoms with Crippen molar-refractivity contribution in [3.8, 4) is 0 Å². The zero-order chi connectivity index (χ0) is 14.8. The van der Waals surface area contributed by atoms with Crippen LogP contribution in [0.3, 0.4) is 0 Å². The van der Waals surface area contributed by atoms with Gasteiger partial charge in [0.15, 0.2) is 0 Å². The summed E-state index contributed by atoms with van der Waals surface area (Å²) in [6, 6.07) is 6.09. The van der Waals surface area contributed by atoms with E-state index >= 15 is 0 Å². The SMILES string of the molecule is Cc1cccc(C)c1NC(=O)C1(N(C)C)CCNCC1. The van der Waals surface area contributed by atoms with Crippen LogP contribution in [0.15, 0.2) is 18.2 Å². The average Bonchev–Trinajstić information content (AvgIpc) is 2.43. The number of rotatable bonds is 3. The zero-order valence-electron chi connectivity index (χ0n) is 12.9. The molecule has 2 N–H and O–H groups in total. The quantitative estimate of drug-likeness (QED) is 0.886. The number of hydrogen-bond acceptors (Lipinski definition) is 3. The van der Waals surface area contributed by atoms with Crippen LogP contribution in [-0.4, -0.2) is 43.5 Å². The lowest BCUT2D eigenvalue weighted by molar-refractivity contribution is -0.128. The van der Waals surface area contributed by atoms with Gasteiger partial charge in [0.2, 0.25) is 5.91 Å². The number of nitrogens with one attached hydrogen (secondary N) is 2. The lowest BCUT2D eigenvalue weighted by Gasteiger charge is -2.41. The topological polar surface area (TPSA) is 44.4 Å². The maximum Gasteiger partial charge on any atom is 0.244 e. The molecule has 0 unspecified atom stereocenters. The second-order valence-corrected chi connectivity index (χ2v) is 5.90. The summed E-state index contributed by atoms with van der Waals surface area (Å²) in [4.78, 5) is 14.9. The lowest BCUT2D eigenvalue weighted by atomic mass is 9.86. The minimum absolute atomic E-state index is 0.112. The molecule has 0 atom stereocenters. The van der Waals surface area contributed by atoms with E-state index in [1.54, 1.807) is 0 Å². The molecule has 4 heteroatoms. The second kappa shape index (κ2) is 5.94. The number of likely N-dealkylation sites (N-methyl/N-ethyl adjacent to an activating group) is 1. The molecule has 1 saturated heterocycles. The Balaban J connectivity index is 2.25. The van der Waals surface area contributed by atoms with Crippen molar-refractivity contribution in [3.05, 3.63) is 29.3 Å². The minimum Gasteiger partial charge on any atom is -0.324 e. The Kier molecular flexibility index (Phi) is 4.45. The van der Waals surface area contributed by atoms with Crippen LogP contribution < -0.4 is 10.6 Å². The molecule has 1 aromatic rings. The lowest BCUT2D eigenvalue weighted by Crippen LogP contribution is -2.59. The van der Waals surface area contributed by atoms with Crippen LogP contribution in [0.2, 0.25) is 0 Å². The maximum absolute atomic E-state index is 12.9. The van der Waals surface area contributed by atoms with Gasteiger partial charge in [0.05, 0.1) is 0 Å². The van der Waals surface area contributed by atoms with E-state index < -0.39 is 5.54 Å². The Hall–Kier alpha value is -1.39. The molecule has 0 spiro atoms. The third-order valence-electron chi connectivity index (χ3n) is 4.43. The second-order valence-electron chi connectivity index (χ2n) is 5.90. The van der Waals surface area contributed by atoms with E-state index in [-0.39, 0.29) is 5.91 Å². The van der Waals surface area contributed by atoms with Crippen molar-refractivity contribution in [2.45, 2.75) is 32.2 Å². The molecule has 1 aliphatic heterocycles. The van der Waals surface area contributed by atoms with Gasteiger partial charge in [-0.25, -0.2) is 0 Å². The Morgan fingerprint density at radius 2 is 1.75 bits per heavy atom. The van der Waals surface area contributed by atoms with E-state index in [1.165, 1.54) is 0 Å². The summed E-state index contributed by atoms with van der Waals surface area (Å²) in [6.07, 6.45) is 1.69. The van der Waals surface area contributed by atoms with Gasteiger partial charge in [-0.3, -0.25) is 9.69 Å². The summed E-state index contributed by atoms with van der Waals surface area (Å²) in [5.41, 5.74) is 2.78. The minimum atomic E-state index is -0.403. The highest BCUT2D eigenvalue weighted by Gasteiger charge is 2.41. The first-order valence-electron chi connectivity index (χ1n) is 7.23. The van der Waals surface area contributed by atoms with Gasteiger partial charge in [0, 0.05) is 5.69 Å². The molecule has 1 aromatic carbocycles. The van der Waals surface area contributed by atoms with Crippen LogP contribution >= 0.6 is 0 Å². The van der Waals surface area contributed by atoms with Crippen molar-refractivity contribution in [2.24, 2.45) is 0 Å². The molecule has 0 aromatic heterocycles. The Bertz CT molecular complexity index is 470. The first-order valence-corrected chi connectivity index (χ1v) is 7.23. The molecular formula is C16H25N3O. The molecule has 1 aliphatic rings. The number of nitrogens with zero attached hydrogens (tertiary/aromatic N) is 1. The molecule has 1 heterocycles. The van der Waals surface area contributed by atoms with E-state index in [4.69, 9.17) is 0 Å². The van der Waals surface area contributed by atoms with Crippen LogP contribution in [0.1, 0.15) is 24.0 Å². The van der Waals surface area contributed by atoms with E-state index in [0.717, 1.165) is 42.7 Å². The fourth-order valence-electron chi connectivity index (χ4n) is 2.96. The molecule has 0 aliphatic carbocycles. The highest BCUT2D eigenvalue weighted by molar-refractivity contribution is 5.99. The zero-order valence-corrected chi connectivity index (χ0v) is 12.9. The van der Waals surface area contributed by atoms with Crippen LogP contribution in [0.5, 0.6) is 0 Å². The van der Waals surface area contributed by atoms with Gasteiger partial charge in [-0.1, -0.05) is 18.2 Å². The third kappa shape index (κ3) is 2.72. The maximum atomic E-state index is 12.9. The van der Waals surface area contributed by atoms with Gasteiger partial charge in [0.1, 0.15) is 5.54 Å². The number of piperidine rings is 1. The standard InChI is InChI=1S/C16H25N3O/c1-12-6-5-7-13(2)14(12)18-15(20)16(19(3)4)8-10-17-11-9-16/h5-7,17H,8-11H2,1-4H3,(H,18,20). The van der Waals surface area contributed by atoms with Crippen molar-refractivity contribution < 1.29 is 4.79 Å². The number of aryl methyl sites for hydroxylation is 2. The van der Waals surface area contributed by atoms with Crippen LogP contribution in [-0.2, 0) is 4.79 Å². The summed E-state index contributed by atoms with van der Waals surface area (Å²) < 4.78 is 0. The van der Waals surface area contributed by atoms with Crippen molar-refractivity contribution in [3.63, 3.8) is 0 Å². The highest BCUT2D eigenvalue weighted by Crippen LogP contribution is 2.28. The summed E-state index contributed by atoms with van der Waals surface area (Å²) in [6.45, 7) is 5.84. The molecule has 4 nitrogen and oxygen atoms in total. The Morgan fingerprint density at radius 1 is 1.20 bits per heavy atom. The predicted molar refractivity (Wildman–Crippen MR) is 83.1 cm³/mol. The van der Waals surface area contributed by atoms with E-state index in [2.05, 4.69) is 15.5 Å². The number of carbonyl (C=O) groups excluding carboxylic acids is 1. The first-order chi connectivity index (χ1) is 9.47. The number of carbonyl (C=O) groups is 1. The van der Waals surface area contributed by atoms with Crippen molar-refractivity contribution >= 4 is 11.6 Å². The average molecular weight is 275 g/mol. The van der Waals surface area contributed by atoms with Crippen LogP contribution in [0.25, 0.3) is 0 Å². The highest BCUT2D eigenvalue weighted by atomic mass is 16.2. The number of anilines is 1. The van der Waals surface area contributed by atoms with Gasteiger partial charge < -0.3 is 10.6 Å². The first kappa shape index (κ1) is 15.0. The monoisotopic (exact) mass is 275 g/mol. The fraction of sp³-hybridized carbons (Fsp3) is 0.562. The number of benzene rings is 1. The van der Waals surface area contributed by atoms with Gasteiger partial charge >= 0.3 is 0 Å². The Labute approximate surface area is 121 Å². The van der Waals surface area contributed by atoms with Gasteiger partial charge in [-0.05, 0) is 65.0 Å². The molecule has 1 amide bonds. The van der Waals surface area contributed by atoms with E-state index in [9.17, 15) is 4.79 Å². The van der Waals surface area contributed by atoms with Gasteiger partial charge in [-0.2, -0.15) is 0 Å². The fourth-order valence-corrected chi connectivity index (χ4v) is 2.96. The molecular weight excluding hydrogens is 250 g/mol. The van der Waals surface area contributed by atoms with Crippen LogP contribution in [0.4, 0.5) is 5.69 Å². The summed E-state index contributed by atoms with van der Waals surface area (Å²) in [7, 11) is 3.99. The molecule has 2 rings (SSSR count). The predicted octanol–water partition coefficient (Wildman–Crippen LogP) is 1.93. The van der Waals surface area contributed by atoms with E-state index in [1.807, 2.05) is 46.1 Å². The number of hydrogen-bond donors (Lipinski definition) is 2. The molecule has 1 fully saturated rings. The molecule has 0 saturated carbocycles. The van der Waals surface area contributed by atoms with E-state index in [0.29, 0.717) is 0 Å². The number of amides is 1. The molecule has 20 heavy (non-hydrogen) atoms. The smallest absolute Gasteiger partial charge is 0.244 e. The van der Waals surface area contributed by atoms with Crippen molar-refractivity contribution in [1.29, 1.82) is 0 Å². The normalized spacial score (nSPS) is 18.1. The Morgan fingerprint density at radius 3 is 2.25 bits per heavy atom. The van der Waals surface area contributed by atoms with Crippen molar-refractivity contribution in [2.75, 3.05) is 32.5 Å². The van der Waals surface area contributed by atoms with Crippen molar-refractivity contribution in [1.82, 2.24) is 10.2 Å². The molecule has 110 valence electrons. The van der Waals surface area contributed by atoms with Crippen LogP contribution in [0, 0.1) is 13.8 Å². The summed E-state index contributed by atoms with van der Waals surface area (Å²) in [5.74, 6) is 0.112. The summed E-state index contributed by atoms with van der Waals surface area (Å²) >= 11 is 0. The summed E-state index contributed by atoms with van der Waals surface area (Å²) in [5, 5.41) is 6.49. The largest absolute Gasteiger partial charge is 0.324 e. The number of para-hydroxylation sites is 1.